The highest BCUT2D eigenvalue weighted by Crippen LogP contribution is 2.36. The second-order valence-electron chi connectivity index (χ2n) is 5.78. The zero-order valence-corrected chi connectivity index (χ0v) is 11.1. The number of hydrogen-bond donors (Lipinski definition) is 1. The predicted octanol–water partition coefficient (Wildman–Crippen LogP) is 3.16. The lowest BCUT2D eigenvalue weighted by atomic mass is 9.75. The number of rotatable bonds is 2. The highest BCUT2D eigenvalue weighted by Gasteiger charge is 2.32. The van der Waals surface area contributed by atoms with E-state index >= 15 is 0 Å². The molecule has 0 aromatic heterocycles. The number of hydrogen-bond acceptors (Lipinski definition) is 1. The molecule has 3 nitrogen and oxygen atoms in total. The Labute approximate surface area is 106 Å². The monoisotopic (exact) mass is 266 g/mol. The summed E-state index contributed by atoms with van der Waals surface area (Å²) in [5, 5.41) is 1.90. The van der Waals surface area contributed by atoms with Crippen LogP contribution >= 0.6 is 0 Å². The molecule has 1 rings (SSSR count). The maximum Gasteiger partial charge on any atom is 0.405 e. The van der Waals surface area contributed by atoms with Crippen LogP contribution in [0, 0.1) is 5.41 Å². The van der Waals surface area contributed by atoms with Gasteiger partial charge in [0, 0.05) is 13.1 Å². The Balaban J connectivity index is 2.40. The van der Waals surface area contributed by atoms with E-state index in [0.29, 0.717) is 0 Å². The Morgan fingerprint density at radius 1 is 1.33 bits per heavy atom. The van der Waals surface area contributed by atoms with E-state index in [1.807, 2.05) is 5.32 Å². The lowest BCUT2D eigenvalue weighted by Crippen LogP contribution is -2.47. The minimum absolute atomic E-state index is 0.0475. The lowest BCUT2D eigenvalue weighted by Gasteiger charge is -2.38. The fraction of sp³-hybridized carbons (Fsp3) is 0.917. The van der Waals surface area contributed by atoms with E-state index < -0.39 is 18.8 Å². The minimum Gasteiger partial charge on any atom is -0.329 e. The van der Waals surface area contributed by atoms with Gasteiger partial charge >= 0.3 is 12.2 Å². The summed E-state index contributed by atoms with van der Waals surface area (Å²) in [5.41, 5.74) is 0.278. The molecular formula is C12H21F3N2O. The molecule has 106 valence electrons. The SMILES string of the molecule is CN(C(=O)NCC(F)(F)F)C1CCC(C)(C)CC1. The Kier molecular flexibility index (Phi) is 4.50. The molecule has 1 aliphatic carbocycles. The second kappa shape index (κ2) is 5.36. The van der Waals surface area contributed by atoms with Gasteiger partial charge in [0.05, 0.1) is 0 Å². The third-order valence-electron chi connectivity index (χ3n) is 3.62. The van der Waals surface area contributed by atoms with Gasteiger partial charge in [-0.1, -0.05) is 13.8 Å². The second-order valence-corrected chi connectivity index (χ2v) is 5.78. The molecule has 0 atom stereocenters. The van der Waals surface area contributed by atoms with Crippen LogP contribution in [0.1, 0.15) is 39.5 Å². The smallest absolute Gasteiger partial charge is 0.329 e. The summed E-state index contributed by atoms with van der Waals surface area (Å²) in [6.07, 6.45) is -0.667. The molecule has 1 fully saturated rings. The van der Waals surface area contributed by atoms with Crippen molar-refractivity contribution >= 4 is 6.03 Å². The van der Waals surface area contributed by atoms with Gasteiger partial charge in [0.1, 0.15) is 6.54 Å². The first-order valence-electron chi connectivity index (χ1n) is 6.18. The molecule has 2 amide bonds. The summed E-state index contributed by atoms with van der Waals surface area (Å²) in [6, 6.07) is -0.594. The molecule has 0 bridgehead atoms. The van der Waals surface area contributed by atoms with Crippen molar-refractivity contribution in [1.82, 2.24) is 10.2 Å². The maximum absolute atomic E-state index is 12.0. The third kappa shape index (κ3) is 4.74. The van der Waals surface area contributed by atoms with Crippen LogP contribution in [0.3, 0.4) is 0 Å². The van der Waals surface area contributed by atoms with Crippen LogP contribution < -0.4 is 5.32 Å². The van der Waals surface area contributed by atoms with Gasteiger partial charge < -0.3 is 10.2 Å². The highest BCUT2D eigenvalue weighted by atomic mass is 19.4. The number of alkyl halides is 3. The standard InChI is InChI=1S/C12H21F3N2O/c1-11(2)6-4-9(5-7-11)17(3)10(18)16-8-12(13,14)15/h9H,4-8H2,1-3H3,(H,16,18). The van der Waals surface area contributed by atoms with Crippen molar-refractivity contribution in [1.29, 1.82) is 0 Å². The first kappa shape index (κ1) is 15.1. The van der Waals surface area contributed by atoms with Gasteiger partial charge in [-0.3, -0.25) is 0 Å². The van der Waals surface area contributed by atoms with Crippen LogP contribution in [0.5, 0.6) is 0 Å². The number of nitrogens with zero attached hydrogens (tertiary/aromatic N) is 1. The zero-order valence-electron chi connectivity index (χ0n) is 11.1. The Morgan fingerprint density at radius 2 is 1.83 bits per heavy atom. The maximum atomic E-state index is 12.0. The molecule has 6 heteroatoms. The minimum atomic E-state index is -4.36. The van der Waals surface area contributed by atoms with Crippen molar-refractivity contribution in [3.05, 3.63) is 0 Å². The molecule has 0 aromatic rings. The molecule has 1 saturated carbocycles. The Hall–Kier alpha value is -0.940. The molecule has 0 radical (unpaired) electrons. The summed E-state index contributed by atoms with van der Waals surface area (Å²) in [5.74, 6) is 0. The van der Waals surface area contributed by atoms with Crippen molar-refractivity contribution in [3.8, 4) is 0 Å². The number of carbonyl (C=O) groups excluding carboxylic acids is 1. The number of carbonyl (C=O) groups is 1. The van der Waals surface area contributed by atoms with Crippen molar-refractivity contribution in [3.63, 3.8) is 0 Å². The highest BCUT2D eigenvalue weighted by molar-refractivity contribution is 5.74. The number of halogens is 3. The summed E-state index contributed by atoms with van der Waals surface area (Å²) in [4.78, 5) is 13.0. The predicted molar refractivity (Wildman–Crippen MR) is 63.3 cm³/mol. The van der Waals surface area contributed by atoms with Gasteiger partial charge in [0.2, 0.25) is 0 Å². The van der Waals surface area contributed by atoms with Gasteiger partial charge in [0.25, 0.3) is 0 Å². The quantitative estimate of drug-likeness (QED) is 0.818. The van der Waals surface area contributed by atoms with E-state index in [1.165, 1.54) is 4.90 Å². The van der Waals surface area contributed by atoms with Crippen LogP contribution in [-0.2, 0) is 0 Å². The summed E-state index contributed by atoms with van der Waals surface area (Å²) >= 11 is 0. The molecule has 1 aliphatic rings. The van der Waals surface area contributed by atoms with E-state index in [1.54, 1.807) is 7.05 Å². The Morgan fingerprint density at radius 3 is 2.28 bits per heavy atom. The van der Waals surface area contributed by atoms with Crippen LogP contribution in [0.15, 0.2) is 0 Å². The van der Waals surface area contributed by atoms with E-state index in [-0.39, 0.29) is 11.5 Å². The normalized spacial score (nSPS) is 20.6. The van der Waals surface area contributed by atoms with Crippen LogP contribution in [-0.4, -0.2) is 36.7 Å². The molecule has 18 heavy (non-hydrogen) atoms. The largest absolute Gasteiger partial charge is 0.405 e. The molecule has 0 heterocycles. The number of nitrogens with one attached hydrogen (secondary N) is 1. The van der Waals surface area contributed by atoms with Crippen molar-refractivity contribution in [2.45, 2.75) is 51.7 Å². The third-order valence-corrected chi connectivity index (χ3v) is 3.62. The Bertz CT molecular complexity index is 292. The molecule has 0 saturated heterocycles. The molecule has 0 aromatic carbocycles. The molecule has 0 unspecified atom stereocenters. The van der Waals surface area contributed by atoms with Crippen LogP contribution in [0.25, 0.3) is 0 Å². The van der Waals surface area contributed by atoms with E-state index in [0.717, 1.165) is 25.7 Å². The van der Waals surface area contributed by atoms with Gasteiger partial charge in [-0.25, -0.2) is 4.79 Å². The van der Waals surface area contributed by atoms with E-state index in [4.69, 9.17) is 0 Å². The van der Waals surface area contributed by atoms with Crippen molar-refractivity contribution in [2.24, 2.45) is 5.41 Å². The molecule has 0 aliphatic heterocycles. The topological polar surface area (TPSA) is 32.3 Å². The zero-order chi connectivity index (χ0) is 14.0. The number of amides is 2. The molecular weight excluding hydrogens is 245 g/mol. The first-order chi connectivity index (χ1) is 8.11. The average Bonchev–Trinajstić information content (AvgIpc) is 2.24. The molecule has 1 N–H and O–H groups in total. The van der Waals surface area contributed by atoms with Gasteiger partial charge in [-0.15, -0.1) is 0 Å². The number of urea groups is 1. The summed E-state index contributed by atoms with van der Waals surface area (Å²) < 4.78 is 36.0. The first-order valence-corrected chi connectivity index (χ1v) is 6.18. The molecule has 0 spiro atoms. The van der Waals surface area contributed by atoms with Crippen molar-refractivity contribution in [2.75, 3.05) is 13.6 Å². The fourth-order valence-electron chi connectivity index (χ4n) is 2.24. The van der Waals surface area contributed by atoms with Crippen molar-refractivity contribution < 1.29 is 18.0 Å². The summed E-state index contributed by atoms with van der Waals surface area (Å²) in [7, 11) is 1.56. The van der Waals surface area contributed by atoms with E-state index in [2.05, 4.69) is 13.8 Å². The lowest BCUT2D eigenvalue weighted by molar-refractivity contribution is -0.123. The van der Waals surface area contributed by atoms with Gasteiger partial charge in [-0.05, 0) is 31.1 Å². The van der Waals surface area contributed by atoms with Crippen LogP contribution in [0.2, 0.25) is 0 Å². The van der Waals surface area contributed by atoms with Gasteiger partial charge in [0.15, 0.2) is 0 Å². The average molecular weight is 266 g/mol. The van der Waals surface area contributed by atoms with Crippen LogP contribution in [0.4, 0.5) is 18.0 Å². The fourth-order valence-corrected chi connectivity index (χ4v) is 2.24. The summed E-state index contributed by atoms with van der Waals surface area (Å²) in [6.45, 7) is 3.08. The van der Waals surface area contributed by atoms with E-state index in [9.17, 15) is 18.0 Å². The van der Waals surface area contributed by atoms with Gasteiger partial charge in [-0.2, -0.15) is 13.2 Å².